The van der Waals surface area contributed by atoms with Gasteiger partial charge in [0.15, 0.2) is 0 Å². The van der Waals surface area contributed by atoms with E-state index in [1.54, 1.807) is 0 Å². The van der Waals surface area contributed by atoms with Crippen molar-refractivity contribution in [2.45, 2.75) is 31.7 Å². The molecular weight excluding hydrogens is 373 g/mol. The number of nitrogens with zero attached hydrogens (tertiary/aromatic N) is 2. The third-order valence-electron chi connectivity index (χ3n) is 4.43. The van der Waals surface area contributed by atoms with Gasteiger partial charge in [-0.1, -0.05) is 18.9 Å². The number of halogens is 3. The molecule has 21 heavy (non-hydrogen) atoms. The maximum atomic E-state index is 4.75. The van der Waals surface area contributed by atoms with E-state index in [1.165, 1.54) is 31.4 Å². The lowest BCUT2D eigenvalue weighted by atomic mass is 9.93. The van der Waals surface area contributed by atoms with E-state index in [0.29, 0.717) is 6.04 Å². The van der Waals surface area contributed by atoms with Crippen molar-refractivity contribution in [1.29, 1.82) is 0 Å². The number of rotatable bonds is 3. The molecule has 0 bridgehead atoms. The van der Waals surface area contributed by atoms with Crippen molar-refractivity contribution < 1.29 is 0 Å². The highest BCUT2D eigenvalue weighted by molar-refractivity contribution is 9.10. The fraction of sp³-hybridized carbons (Fsp3) is 0.667. The van der Waals surface area contributed by atoms with Gasteiger partial charge in [0.1, 0.15) is 4.60 Å². The molecule has 1 saturated heterocycles. The molecule has 0 amide bonds. The second-order valence-electron chi connectivity index (χ2n) is 5.66. The van der Waals surface area contributed by atoms with Gasteiger partial charge in [-0.15, -0.1) is 24.8 Å². The van der Waals surface area contributed by atoms with E-state index in [0.717, 1.165) is 36.7 Å². The van der Waals surface area contributed by atoms with Crippen LogP contribution in [0.5, 0.6) is 0 Å². The highest BCUT2D eigenvalue weighted by Crippen LogP contribution is 2.39. The van der Waals surface area contributed by atoms with Crippen LogP contribution in [0, 0.1) is 5.92 Å². The first-order chi connectivity index (χ1) is 9.34. The summed E-state index contributed by atoms with van der Waals surface area (Å²) >= 11 is 3.52. The molecule has 0 spiro atoms. The quantitative estimate of drug-likeness (QED) is 0.787. The van der Waals surface area contributed by atoms with Gasteiger partial charge in [-0.25, -0.2) is 4.98 Å². The summed E-state index contributed by atoms with van der Waals surface area (Å²) in [7, 11) is 0. The summed E-state index contributed by atoms with van der Waals surface area (Å²) < 4.78 is 0.961. The van der Waals surface area contributed by atoms with Crippen molar-refractivity contribution in [3.63, 3.8) is 0 Å². The Kier molecular flexibility index (Phi) is 8.50. The van der Waals surface area contributed by atoms with E-state index in [-0.39, 0.29) is 24.8 Å². The zero-order valence-corrected chi connectivity index (χ0v) is 15.4. The Morgan fingerprint density at radius 3 is 2.43 bits per heavy atom. The molecule has 1 aliphatic carbocycles. The summed E-state index contributed by atoms with van der Waals surface area (Å²) in [6, 6.07) is 6.86. The van der Waals surface area contributed by atoms with E-state index < -0.39 is 0 Å². The van der Waals surface area contributed by atoms with E-state index >= 15 is 0 Å². The number of hydrogen-bond acceptors (Lipinski definition) is 3. The van der Waals surface area contributed by atoms with Crippen molar-refractivity contribution in [3.05, 3.63) is 28.5 Å². The predicted octanol–water partition coefficient (Wildman–Crippen LogP) is 3.82. The number of aromatic nitrogens is 1. The topological polar surface area (TPSA) is 28.2 Å². The highest BCUT2D eigenvalue weighted by atomic mass is 79.9. The number of piperazine rings is 1. The lowest BCUT2D eigenvalue weighted by Gasteiger charge is -2.38. The Balaban J connectivity index is 0.00000110. The lowest BCUT2D eigenvalue weighted by Crippen LogP contribution is -2.46. The summed E-state index contributed by atoms with van der Waals surface area (Å²) in [4.78, 5) is 7.39. The van der Waals surface area contributed by atoms with E-state index in [9.17, 15) is 0 Å². The summed E-state index contributed by atoms with van der Waals surface area (Å²) in [6.45, 7) is 4.51. The molecule has 1 aromatic heterocycles. The van der Waals surface area contributed by atoms with Crippen LogP contribution in [0.3, 0.4) is 0 Å². The van der Waals surface area contributed by atoms with Crippen LogP contribution in [0.25, 0.3) is 0 Å². The maximum Gasteiger partial charge on any atom is 0.106 e. The zero-order valence-electron chi connectivity index (χ0n) is 12.1. The van der Waals surface area contributed by atoms with E-state index in [1.807, 2.05) is 6.07 Å². The molecule has 1 aliphatic heterocycles. The average molecular weight is 397 g/mol. The summed E-state index contributed by atoms with van der Waals surface area (Å²) in [5.41, 5.74) is 1.25. The SMILES string of the molecule is Brc1cccc([C@@H](C2CCCC2)N2CCNCC2)n1.Cl.Cl. The first-order valence-corrected chi connectivity index (χ1v) is 8.21. The molecule has 3 rings (SSSR count). The number of hydrogen-bond donors (Lipinski definition) is 1. The van der Waals surface area contributed by atoms with Crippen LogP contribution in [-0.4, -0.2) is 36.1 Å². The average Bonchev–Trinajstić information content (AvgIpc) is 2.94. The van der Waals surface area contributed by atoms with Gasteiger partial charge in [-0.2, -0.15) is 0 Å². The van der Waals surface area contributed by atoms with Gasteiger partial charge in [0.05, 0.1) is 11.7 Å². The van der Waals surface area contributed by atoms with Crippen LogP contribution in [0.4, 0.5) is 0 Å². The van der Waals surface area contributed by atoms with Crippen molar-refractivity contribution in [2.75, 3.05) is 26.2 Å². The summed E-state index contributed by atoms with van der Waals surface area (Å²) in [5, 5.41) is 3.45. The fourth-order valence-corrected chi connectivity index (χ4v) is 3.91. The van der Waals surface area contributed by atoms with Gasteiger partial charge in [0.25, 0.3) is 0 Å². The highest BCUT2D eigenvalue weighted by Gasteiger charge is 2.32. The normalized spacial score (nSPS) is 21.4. The maximum absolute atomic E-state index is 4.75. The first kappa shape index (κ1) is 19.2. The molecule has 1 N–H and O–H groups in total. The molecule has 0 unspecified atom stereocenters. The minimum atomic E-state index is 0. The van der Waals surface area contributed by atoms with Crippen LogP contribution >= 0.6 is 40.7 Å². The Bertz CT molecular complexity index is 421. The van der Waals surface area contributed by atoms with Crippen LogP contribution in [0.15, 0.2) is 22.8 Å². The first-order valence-electron chi connectivity index (χ1n) is 7.42. The van der Waals surface area contributed by atoms with Gasteiger partial charge < -0.3 is 5.32 Å². The smallest absolute Gasteiger partial charge is 0.106 e. The molecule has 120 valence electrons. The number of nitrogens with one attached hydrogen (secondary N) is 1. The van der Waals surface area contributed by atoms with Gasteiger partial charge in [0.2, 0.25) is 0 Å². The summed E-state index contributed by atoms with van der Waals surface area (Å²) in [6.07, 6.45) is 5.51. The van der Waals surface area contributed by atoms with E-state index in [4.69, 9.17) is 4.98 Å². The second kappa shape index (κ2) is 9.31. The van der Waals surface area contributed by atoms with Crippen molar-refractivity contribution in [2.24, 2.45) is 5.92 Å². The lowest BCUT2D eigenvalue weighted by molar-refractivity contribution is 0.122. The van der Waals surface area contributed by atoms with Gasteiger partial charge in [0, 0.05) is 26.2 Å². The molecule has 1 aromatic rings. The Labute approximate surface area is 148 Å². The molecule has 0 radical (unpaired) electrons. The monoisotopic (exact) mass is 395 g/mol. The van der Waals surface area contributed by atoms with E-state index in [2.05, 4.69) is 38.3 Å². The Hall–Kier alpha value is 0.130. The molecule has 2 fully saturated rings. The second-order valence-corrected chi connectivity index (χ2v) is 6.47. The van der Waals surface area contributed by atoms with Crippen LogP contribution < -0.4 is 5.32 Å². The molecule has 1 atom stereocenters. The molecule has 3 nitrogen and oxygen atoms in total. The van der Waals surface area contributed by atoms with Crippen LogP contribution in [0.2, 0.25) is 0 Å². The van der Waals surface area contributed by atoms with Gasteiger partial charge >= 0.3 is 0 Å². The predicted molar refractivity (Wildman–Crippen MR) is 95.6 cm³/mol. The van der Waals surface area contributed by atoms with Crippen molar-refractivity contribution in [3.8, 4) is 0 Å². The van der Waals surface area contributed by atoms with Crippen LogP contribution in [0.1, 0.15) is 37.4 Å². The zero-order chi connectivity index (χ0) is 13.1. The number of pyridine rings is 1. The fourth-order valence-electron chi connectivity index (χ4n) is 3.55. The molecule has 1 saturated carbocycles. The molecule has 2 aliphatic rings. The third-order valence-corrected chi connectivity index (χ3v) is 4.87. The molecular formula is C15H24BrCl2N3. The summed E-state index contributed by atoms with van der Waals surface area (Å²) in [5.74, 6) is 0.792. The van der Waals surface area contributed by atoms with Crippen LogP contribution in [-0.2, 0) is 0 Å². The molecule has 6 heteroatoms. The molecule has 0 aromatic carbocycles. The van der Waals surface area contributed by atoms with Gasteiger partial charge in [-0.3, -0.25) is 4.90 Å². The van der Waals surface area contributed by atoms with Crippen molar-refractivity contribution in [1.82, 2.24) is 15.2 Å². The standard InChI is InChI=1S/C15H22BrN3.2ClH/c16-14-7-3-6-13(18-14)15(12-4-1-2-5-12)19-10-8-17-9-11-19;;/h3,6-7,12,15,17H,1-2,4-5,8-11H2;2*1H/t15-;;/m1../s1. The third kappa shape index (κ3) is 4.80. The van der Waals surface area contributed by atoms with Gasteiger partial charge in [-0.05, 0) is 46.8 Å². The minimum Gasteiger partial charge on any atom is -0.314 e. The largest absolute Gasteiger partial charge is 0.314 e. The van der Waals surface area contributed by atoms with Crippen molar-refractivity contribution >= 4 is 40.7 Å². The molecule has 2 heterocycles. The minimum absolute atomic E-state index is 0. The Morgan fingerprint density at radius 1 is 1.14 bits per heavy atom. The Morgan fingerprint density at radius 2 is 1.81 bits per heavy atom.